The highest BCUT2D eigenvalue weighted by atomic mass is 16.5. The lowest BCUT2D eigenvalue weighted by Crippen LogP contribution is -2.67. The molecule has 5 N–H and O–H groups in total. The summed E-state index contributed by atoms with van der Waals surface area (Å²) < 4.78 is 11.3. The summed E-state index contributed by atoms with van der Waals surface area (Å²) in [4.78, 5) is 5.45. The van der Waals surface area contributed by atoms with E-state index >= 15 is 0 Å². The third-order valence-electron chi connectivity index (χ3n) is 3.59. The van der Waals surface area contributed by atoms with Crippen molar-refractivity contribution in [3.05, 3.63) is 36.0 Å². The van der Waals surface area contributed by atoms with Crippen LogP contribution in [0.4, 0.5) is 5.69 Å². The highest BCUT2D eigenvalue weighted by Gasteiger charge is 2.14. The molecular formula is C16H25N4O2+. The third-order valence-corrected chi connectivity index (χ3v) is 3.59. The van der Waals surface area contributed by atoms with Gasteiger partial charge in [0.2, 0.25) is 5.71 Å². The average molecular weight is 305 g/mol. The van der Waals surface area contributed by atoms with E-state index in [1.165, 1.54) is 6.20 Å². The first-order valence-corrected chi connectivity index (χ1v) is 7.50. The second-order valence-corrected chi connectivity index (χ2v) is 5.08. The molecule has 120 valence electrons. The van der Waals surface area contributed by atoms with Crippen LogP contribution < -0.4 is 21.2 Å². The van der Waals surface area contributed by atoms with Crippen molar-refractivity contribution >= 4 is 11.4 Å². The lowest BCUT2D eigenvalue weighted by atomic mass is 10.1. The van der Waals surface area contributed by atoms with E-state index in [0.717, 1.165) is 49.9 Å². The van der Waals surface area contributed by atoms with Gasteiger partial charge in [-0.1, -0.05) is 0 Å². The Bertz CT molecular complexity index is 537. The molecule has 0 unspecified atom stereocenters. The standard InChI is InChI=1S/C16H24N4O2/c1-19-15(4-5-17)14-12-13(18)2-3-16(14)22-11-8-20-6-9-21-10-7-20/h2-5,12H,6-11,17-18H2,1H3/p+1. The summed E-state index contributed by atoms with van der Waals surface area (Å²) in [5.74, 6) is 0.796. The van der Waals surface area contributed by atoms with Gasteiger partial charge in [0.25, 0.3) is 0 Å². The Morgan fingerprint density at radius 1 is 1.41 bits per heavy atom. The number of nitrogens with one attached hydrogen (secondary N) is 1. The minimum atomic E-state index is 0.625. The fourth-order valence-corrected chi connectivity index (χ4v) is 2.40. The molecule has 22 heavy (non-hydrogen) atoms. The van der Waals surface area contributed by atoms with Gasteiger partial charge in [0.1, 0.15) is 19.4 Å². The van der Waals surface area contributed by atoms with Crippen molar-refractivity contribution in [3.63, 3.8) is 0 Å². The van der Waals surface area contributed by atoms with Crippen LogP contribution in [0.25, 0.3) is 0 Å². The van der Waals surface area contributed by atoms with Gasteiger partial charge in [-0.15, -0.1) is 0 Å². The minimum absolute atomic E-state index is 0.625. The SMILES string of the molecule is C[NH+]=C(C=CN)c1cc(N)ccc1OCCN1CCOCC1. The number of rotatable bonds is 6. The van der Waals surface area contributed by atoms with Gasteiger partial charge in [-0.2, -0.15) is 0 Å². The van der Waals surface area contributed by atoms with Crippen LogP contribution in [0.2, 0.25) is 0 Å². The molecule has 6 nitrogen and oxygen atoms in total. The van der Waals surface area contributed by atoms with E-state index in [2.05, 4.69) is 9.89 Å². The molecule has 1 aliphatic rings. The summed E-state index contributed by atoms with van der Waals surface area (Å²) in [7, 11) is 1.84. The van der Waals surface area contributed by atoms with Crippen molar-refractivity contribution in [2.45, 2.75) is 0 Å². The molecule has 0 amide bonds. The molecule has 0 aromatic heterocycles. The molecule has 1 saturated heterocycles. The molecule has 1 aliphatic heterocycles. The number of nitrogens with zero attached hydrogens (tertiary/aromatic N) is 1. The van der Waals surface area contributed by atoms with Crippen LogP contribution in [0.1, 0.15) is 5.56 Å². The molecule has 1 aromatic carbocycles. The number of anilines is 1. The fourth-order valence-electron chi connectivity index (χ4n) is 2.40. The van der Waals surface area contributed by atoms with Crippen molar-refractivity contribution in [2.75, 3.05) is 52.2 Å². The van der Waals surface area contributed by atoms with Crippen molar-refractivity contribution < 1.29 is 14.5 Å². The molecule has 0 aliphatic carbocycles. The summed E-state index contributed by atoms with van der Waals surface area (Å²) in [5, 5.41) is 0. The zero-order chi connectivity index (χ0) is 15.8. The number of ether oxygens (including phenoxy) is 2. The van der Waals surface area contributed by atoms with Gasteiger partial charge in [-0.25, -0.2) is 4.99 Å². The van der Waals surface area contributed by atoms with E-state index in [4.69, 9.17) is 20.9 Å². The number of benzene rings is 1. The monoisotopic (exact) mass is 305 g/mol. The van der Waals surface area contributed by atoms with Gasteiger partial charge in [-0.05, 0) is 18.2 Å². The smallest absolute Gasteiger partial charge is 0.210 e. The predicted octanol–water partition coefficient (Wildman–Crippen LogP) is -1.05. The maximum atomic E-state index is 5.95. The molecule has 0 radical (unpaired) electrons. The van der Waals surface area contributed by atoms with Crippen molar-refractivity contribution in [2.24, 2.45) is 5.73 Å². The lowest BCUT2D eigenvalue weighted by molar-refractivity contribution is -0.418. The summed E-state index contributed by atoms with van der Waals surface area (Å²) in [6.45, 7) is 5.02. The van der Waals surface area contributed by atoms with Gasteiger partial charge in [0, 0.05) is 37.6 Å². The Morgan fingerprint density at radius 3 is 2.86 bits per heavy atom. The Balaban J connectivity index is 2.03. The van der Waals surface area contributed by atoms with Gasteiger partial charge in [0.05, 0.1) is 18.8 Å². The Kier molecular flexibility index (Phi) is 6.24. The Hall–Kier alpha value is -2.05. The normalized spacial score (nSPS) is 17.0. The molecule has 0 bridgehead atoms. The molecule has 0 saturated carbocycles. The van der Waals surface area contributed by atoms with Crippen LogP contribution >= 0.6 is 0 Å². The molecule has 0 atom stereocenters. The Labute approximate surface area is 131 Å². The van der Waals surface area contributed by atoms with Gasteiger partial charge in [0.15, 0.2) is 0 Å². The van der Waals surface area contributed by atoms with Crippen LogP contribution in [0, 0.1) is 0 Å². The first-order valence-electron chi connectivity index (χ1n) is 7.50. The van der Waals surface area contributed by atoms with Crippen molar-refractivity contribution in [3.8, 4) is 5.75 Å². The summed E-state index contributed by atoms with van der Waals surface area (Å²) in [5.41, 5.74) is 13.9. The van der Waals surface area contributed by atoms with E-state index in [-0.39, 0.29) is 0 Å². The van der Waals surface area contributed by atoms with E-state index < -0.39 is 0 Å². The molecule has 6 heteroatoms. The largest absolute Gasteiger partial charge is 0.491 e. The molecule has 2 rings (SSSR count). The highest BCUT2D eigenvalue weighted by Crippen LogP contribution is 2.21. The summed E-state index contributed by atoms with van der Waals surface area (Å²) in [6.07, 6.45) is 3.29. The highest BCUT2D eigenvalue weighted by molar-refractivity contribution is 6.07. The number of nitrogen functional groups attached to an aromatic ring is 1. The van der Waals surface area contributed by atoms with Crippen molar-refractivity contribution in [1.29, 1.82) is 0 Å². The van der Waals surface area contributed by atoms with Crippen molar-refractivity contribution in [1.82, 2.24) is 4.90 Å². The first-order chi connectivity index (χ1) is 10.7. The van der Waals surface area contributed by atoms with Crippen LogP contribution in [0.3, 0.4) is 0 Å². The average Bonchev–Trinajstić information content (AvgIpc) is 2.55. The second-order valence-electron chi connectivity index (χ2n) is 5.08. The van der Waals surface area contributed by atoms with E-state index in [1.807, 2.05) is 25.2 Å². The lowest BCUT2D eigenvalue weighted by Gasteiger charge is -2.26. The quantitative estimate of drug-likeness (QED) is 0.461. The van der Waals surface area contributed by atoms with Crippen LogP contribution in [0.5, 0.6) is 5.75 Å². The zero-order valence-electron chi connectivity index (χ0n) is 13.0. The second kappa shape index (κ2) is 8.41. The number of morpholine rings is 1. The number of hydrogen-bond acceptors (Lipinski definition) is 5. The maximum Gasteiger partial charge on any atom is 0.210 e. The molecule has 1 aromatic rings. The number of nitrogens with two attached hydrogens (primary N) is 2. The third kappa shape index (κ3) is 4.47. The maximum absolute atomic E-state index is 5.95. The molecule has 0 spiro atoms. The van der Waals surface area contributed by atoms with Crippen LogP contribution in [-0.2, 0) is 4.74 Å². The molecule has 1 heterocycles. The first kappa shape index (κ1) is 16.3. The predicted molar refractivity (Wildman–Crippen MR) is 87.9 cm³/mol. The zero-order valence-corrected chi connectivity index (χ0v) is 13.0. The molecular weight excluding hydrogens is 280 g/mol. The van der Waals surface area contributed by atoms with Gasteiger partial charge < -0.3 is 20.9 Å². The Morgan fingerprint density at radius 2 is 2.18 bits per heavy atom. The van der Waals surface area contributed by atoms with Gasteiger partial charge in [-0.3, -0.25) is 4.90 Å². The summed E-state index contributed by atoms with van der Waals surface area (Å²) >= 11 is 0. The summed E-state index contributed by atoms with van der Waals surface area (Å²) in [6, 6.07) is 5.62. The van der Waals surface area contributed by atoms with E-state index in [1.54, 1.807) is 6.08 Å². The van der Waals surface area contributed by atoms with E-state index in [0.29, 0.717) is 12.3 Å². The van der Waals surface area contributed by atoms with E-state index in [9.17, 15) is 0 Å². The topological polar surface area (TPSA) is 87.7 Å². The molecule has 1 fully saturated rings. The van der Waals surface area contributed by atoms with Gasteiger partial charge >= 0.3 is 0 Å². The van der Waals surface area contributed by atoms with Crippen LogP contribution in [-0.4, -0.2) is 57.1 Å². The van der Waals surface area contributed by atoms with Crippen LogP contribution in [0.15, 0.2) is 30.5 Å². The number of allylic oxidation sites excluding steroid dienone is 1. The minimum Gasteiger partial charge on any atom is -0.491 e. The fraction of sp³-hybridized carbons (Fsp3) is 0.438. The number of hydrogen-bond donors (Lipinski definition) is 3.